The third kappa shape index (κ3) is 3.99. The fourth-order valence-electron chi connectivity index (χ4n) is 4.17. The summed E-state index contributed by atoms with van der Waals surface area (Å²) >= 11 is 0. The maximum atomic E-state index is 14.6. The van der Waals surface area contributed by atoms with Crippen molar-refractivity contribution in [1.82, 2.24) is 0 Å². The molecule has 0 saturated heterocycles. The lowest BCUT2D eigenvalue weighted by Crippen LogP contribution is -2.23. The summed E-state index contributed by atoms with van der Waals surface area (Å²) in [7, 11) is -3.54. The molecule has 32 heavy (non-hydrogen) atoms. The second-order valence-electron chi connectivity index (χ2n) is 8.21. The molecule has 0 aliphatic rings. The smallest absolute Gasteiger partial charge is 0.230 e. The number of carbonyl (C=O) groups is 1. The van der Waals surface area contributed by atoms with Gasteiger partial charge in [0.2, 0.25) is 12.7 Å². The Balaban J connectivity index is 1.89. The molecule has 3 heteroatoms. The Hall–Kier alpha value is -3.22. The second-order valence-corrected chi connectivity index (χ2v) is 10.9. The number of carbonyl (C=O) groups excluding carboxylic acids is 1. The van der Waals surface area contributed by atoms with Crippen LogP contribution in [-0.4, -0.2) is 5.52 Å². The van der Waals surface area contributed by atoms with Crippen LogP contribution in [0, 0.1) is 20.8 Å². The average molecular weight is 439 g/mol. The third-order valence-electron chi connectivity index (χ3n) is 6.32. The van der Waals surface area contributed by atoms with E-state index in [9.17, 15) is 9.36 Å². The Labute approximate surface area is 190 Å². The minimum absolute atomic E-state index is 0.301. The lowest BCUT2D eigenvalue weighted by Gasteiger charge is -2.22. The molecular weight excluding hydrogens is 411 g/mol. The lowest BCUT2D eigenvalue weighted by atomic mass is 9.91. The van der Waals surface area contributed by atoms with Gasteiger partial charge in [-0.2, -0.15) is 0 Å². The topological polar surface area (TPSA) is 34.1 Å². The number of hydrogen-bond acceptors (Lipinski definition) is 2. The van der Waals surface area contributed by atoms with Crippen LogP contribution in [0.2, 0.25) is 0 Å². The molecule has 160 valence electrons. The molecule has 4 aromatic rings. The molecule has 0 spiro atoms. The molecule has 0 amide bonds. The maximum absolute atomic E-state index is 14.6. The van der Waals surface area contributed by atoms with Crippen molar-refractivity contribution >= 4 is 23.3 Å². The summed E-state index contributed by atoms with van der Waals surface area (Å²) in [6, 6.07) is 30.5. The minimum atomic E-state index is -3.54. The average Bonchev–Trinajstić information content (AvgIpc) is 2.85. The van der Waals surface area contributed by atoms with Crippen molar-refractivity contribution < 1.29 is 9.36 Å². The Morgan fingerprint density at radius 1 is 0.656 bits per heavy atom. The summed E-state index contributed by atoms with van der Waals surface area (Å²) < 4.78 is 14.6. The molecule has 0 N–H and O–H groups in total. The summed E-state index contributed by atoms with van der Waals surface area (Å²) in [5.74, 6) is 0. The summed E-state index contributed by atoms with van der Waals surface area (Å²) in [5.41, 5.74) is 5.68. The van der Waals surface area contributed by atoms with Crippen LogP contribution in [0.25, 0.3) is 0 Å². The molecule has 0 aromatic heterocycles. The van der Waals surface area contributed by atoms with Crippen molar-refractivity contribution in [2.24, 2.45) is 0 Å². The Bertz CT molecular complexity index is 1250. The monoisotopic (exact) mass is 438 g/mol. The van der Waals surface area contributed by atoms with Crippen LogP contribution in [0.5, 0.6) is 0 Å². The van der Waals surface area contributed by atoms with E-state index in [-0.39, 0.29) is 5.52 Å². The van der Waals surface area contributed by atoms with Crippen molar-refractivity contribution in [3.8, 4) is 0 Å². The van der Waals surface area contributed by atoms with E-state index in [0.717, 1.165) is 23.1 Å². The SMILES string of the molecule is Cc1c(Cc2ccccc2)cc(C(=O)P(=O)(c2ccccc2)c2ccccc2)c(C)c1C. The first kappa shape index (κ1) is 22.0. The Kier molecular flexibility index (Phi) is 6.26. The predicted octanol–water partition coefficient (Wildman–Crippen LogP) is 6.36. The molecule has 0 unspecified atom stereocenters. The third-order valence-corrected chi connectivity index (χ3v) is 9.19. The molecule has 0 aliphatic carbocycles. The van der Waals surface area contributed by atoms with Gasteiger partial charge in [0.05, 0.1) is 0 Å². The van der Waals surface area contributed by atoms with E-state index in [2.05, 4.69) is 19.1 Å². The van der Waals surface area contributed by atoms with Crippen molar-refractivity contribution in [3.05, 3.63) is 130 Å². The van der Waals surface area contributed by atoms with Gasteiger partial charge in [-0.25, -0.2) is 0 Å². The van der Waals surface area contributed by atoms with Crippen LogP contribution in [-0.2, 0) is 11.0 Å². The maximum Gasteiger partial charge on any atom is 0.230 e. The van der Waals surface area contributed by atoms with E-state index >= 15 is 0 Å². The summed E-state index contributed by atoms with van der Waals surface area (Å²) in [5, 5.41) is 1.14. The summed E-state index contributed by atoms with van der Waals surface area (Å²) in [6.07, 6.45) is 0.731. The molecule has 0 radical (unpaired) electrons. The minimum Gasteiger partial charge on any atom is -0.305 e. The molecular formula is C29H27O2P. The van der Waals surface area contributed by atoms with Crippen LogP contribution in [0.4, 0.5) is 0 Å². The van der Waals surface area contributed by atoms with Crippen LogP contribution in [0.1, 0.15) is 38.2 Å². The fourth-order valence-corrected chi connectivity index (χ4v) is 6.69. The van der Waals surface area contributed by atoms with Crippen molar-refractivity contribution in [3.63, 3.8) is 0 Å². The highest BCUT2D eigenvalue weighted by Gasteiger charge is 2.37. The fraction of sp³-hybridized carbons (Fsp3) is 0.138. The van der Waals surface area contributed by atoms with Crippen LogP contribution in [0.3, 0.4) is 0 Å². The van der Waals surface area contributed by atoms with Crippen molar-refractivity contribution in [1.29, 1.82) is 0 Å². The van der Waals surface area contributed by atoms with Gasteiger partial charge in [-0.1, -0.05) is 91.0 Å². The van der Waals surface area contributed by atoms with Gasteiger partial charge in [-0.05, 0) is 61.1 Å². The van der Waals surface area contributed by atoms with Gasteiger partial charge in [-0.15, -0.1) is 0 Å². The van der Waals surface area contributed by atoms with Gasteiger partial charge in [0.1, 0.15) is 0 Å². The second kappa shape index (κ2) is 9.10. The van der Waals surface area contributed by atoms with Gasteiger partial charge < -0.3 is 4.57 Å². The first-order valence-electron chi connectivity index (χ1n) is 10.8. The zero-order chi connectivity index (χ0) is 22.7. The highest BCUT2D eigenvalue weighted by Crippen LogP contribution is 2.47. The predicted molar refractivity (Wildman–Crippen MR) is 134 cm³/mol. The molecule has 0 bridgehead atoms. The molecule has 0 heterocycles. The van der Waals surface area contributed by atoms with Gasteiger partial charge in [-0.3, -0.25) is 4.79 Å². The van der Waals surface area contributed by atoms with Gasteiger partial charge in [0.15, 0.2) is 0 Å². The Morgan fingerprint density at radius 3 is 1.62 bits per heavy atom. The summed E-state index contributed by atoms with van der Waals surface area (Å²) in [6.45, 7) is 6.11. The molecule has 4 aromatic carbocycles. The molecule has 0 fully saturated rings. The zero-order valence-electron chi connectivity index (χ0n) is 18.7. The largest absolute Gasteiger partial charge is 0.305 e. The van der Waals surface area contributed by atoms with E-state index in [1.54, 1.807) is 24.3 Å². The van der Waals surface area contributed by atoms with Crippen LogP contribution < -0.4 is 10.6 Å². The van der Waals surface area contributed by atoms with Crippen LogP contribution in [0.15, 0.2) is 97.1 Å². The number of rotatable bonds is 6. The lowest BCUT2D eigenvalue weighted by molar-refractivity contribution is 0.107. The standard InChI is InChI=1S/C29H27O2P/c1-21-22(2)25(19-24-13-7-4-8-14-24)20-28(23(21)3)29(30)32(31,26-15-9-5-10-16-26)27-17-11-6-12-18-27/h4-18,20H,19H2,1-3H3. The van der Waals surface area contributed by atoms with Gasteiger partial charge >= 0.3 is 0 Å². The molecule has 0 atom stereocenters. The van der Waals surface area contributed by atoms with Gasteiger partial charge in [0.25, 0.3) is 0 Å². The zero-order valence-corrected chi connectivity index (χ0v) is 19.6. The first-order valence-corrected chi connectivity index (χ1v) is 12.5. The molecule has 4 rings (SSSR count). The van der Waals surface area contributed by atoms with E-state index in [1.165, 1.54) is 11.1 Å². The van der Waals surface area contributed by atoms with E-state index in [1.807, 2.05) is 74.5 Å². The quantitative estimate of drug-likeness (QED) is 0.329. The highest BCUT2D eigenvalue weighted by atomic mass is 31.2. The van der Waals surface area contributed by atoms with Crippen molar-refractivity contribution in [2.75, 3.05) is 0 Å². The normalized spacial score (nSPS) is 11.3. The van der Waals surface area contributed by atoms with Crippen molar-refractivity contribution in [2.45, 2.75) is 27.2 Å². The van der Waals surface area contributed by atoms with E-state index < -0.39 is 7.14 Å². The molecule has 0 saturated carbocycles. The van der Waals surface area contributed by atoms with E-state index in [4.69, 9.17) is 0 Å². The van der Waals surface area contributed by atoms with E-state index in [0.29, 0.717) is 16.2 Å². The number of benzene rings is 4. The molecule has 0 aliphatic heterocycles. The first-order chi connectivity index (χ1) is 15.4. The highest BCUT2D eigenvalue weighted by molar-refractivity contribution is 7.93. The molecule has 2 nitrogen and oxygen atoms in total. The number of hydrogen-bond donors (Lipinski definition) is 0. The van der Waals surface area contributed by atoms with Crippen LogP contribution >= 0.6 is 7.14 Å². The van der Waals surface area contributed by atoms with Gasteiger partial charge in [0, 0.05) is 16.2 Å². The summed E-state index contributed by atoms with van der Waals surface area (Å²) in [4.78, 5) is 14.1. The Morgan fingerprint density at radius 2 is 1.12 bits per heavy atom.